The van der Waals surface area contributed by atoms with Crippen LogP contribution in [0.5, 0.6) is 5.75 Å². The zero-order chi connectivity index (χ0) is 25.5. The van der Waals surface area contributed by atoms with Crippen molar-refractivity contribution in [1.29, 1.82) is 0 Å². The number of hydrogen-bond acceptors (Lipinski definition) is 9. The van der Waals surface area contributed by atoms with Crippen LogP contribution in [0.4, 0.5) is 5.82 Å². The summed E-state index contributed by atoms with van der Waals surface area (Å²) in [4.78, 5) is 38.3. The average molecular weight is 497 g/mol. The normalized spacial score (nSPS) is 23.6. The van der Waals surface area contributed by atoms with Crippen LogP contribution in [0.1, 0.15) is 42.6 Å². The Labute approximate surface area is 206 Å². The number of rotatable bonds is 5. The van der Waals surface area contributed by atoms with Gasteiger partial charge < -0.3 is 34.9 Å². The first-order valence-electron chi connectivity index (χ1n) is 11.7. The molecule has 1 spiro atoms. The summed E-state index contributed by atoms with van der Waals surface area (Å²) in [5.41, 5.74) is 5.77. The number of hydrogen-bond donors (Lipinski definition) is 3. The summed E-state index contributed by atoms with van der Waals surface area (Å²) in [7, 11) is 0. The minimum Gasteiger partial charge on any atom is -0.482 e. The molecule has 0 aliphatic carbocycles. The number of ether oxygens (including phenoxy) is 2. The Morgan fingerprint density at radius 3 is 2.78 bits per heavy atom. The molecule has 2 aliphatic rings. The van der Waals surface area contributed by atoms with Gasteiger partial charge in [-0.25, -0.2) is 19.7 Å². The molecule has 4 heterocycles. The Balaban J connectivity index is 1.30. The third-order valence-electron chi connectivity index (χ3n) is 7.08. The topological polar surface area (TPSA) is 166 Å². The number of nitrogens with two attached hydrogens (primary N) is 1. The molecule has 0 saturated carbocycles. The van der Waals surface area contributed by atoms with E-state index in [0.29, 0.717) is 54.8 Å². The van der Waals surface area contributed by atoms with Crippen molar-refractivity contribution in [3.8, 4) is 5.75 Å². The molecule has 1 amide bonds. The minimum absolute atomic E-state index is 0.134. The fraction of sp³-hybridized carbons (Fsp3) is 0.458. The number of benzene rings is 1. The van der Waals surface area contributed by atoms with E-state index in [9.17, 15) is 14.7 Å². The maximum absolute atomic E-state index is 13.1. The number of piperidine rings is 1. The van der Waals surface area contributed by atoms with Gasteiger partial charge in [-0.3, -0.25) is 4.79 Å². The zero-order valence-corrected chi connectivity index (χ0v) is 19.8. The number of carbonyl (C=O) groups is 2. The molecule has 1 aromatic carbocycles. The molecule has 0 bridgehead atoms. The lowest BCUT2D eigenvalue weighted by Crippen LogP contribution is -2.57. The standard InChI is InChI=1S/C24H28N6O6/c1-23(34)12-36-24(10-17(23)30-14-28-19-20(25)26-13-27-21(19)30)5-7-29(8-6-24)22(33)15-3-2-4-16(9-15)35-11-18(31)32/h2-4,9,13-14,17,34H,5-8,10-12H2,1H3,(H,31,32)(H2,25,26,27)/t17-,23-/m0/s1. The second kappa shape index (κ2) is 9.03. The van der Waals surface area contributed by atoms with Gasteiger partial charge in [0.25, 0.3) is 5.91 Å². The van der Waals surface area contributed by atoms with Crippen LogP contribution in [-0.4, -0.2) is 84.0 Å². The van der Waals surface area contributed by atoms with E-state index in [1.165, 1.54) is 6.33 Å². The first-order chi connectivity index (χ1) is 17.2. The molecule has 12 nitrogen and oxygen atoms in total. The Morgan fingerprint density at radius 1 is 1.25 bits per heavy atom. The fourth-order valence-electron chi connectivity index (χ4n) is 5.04. The molecule has 2 aromatic heterocycles. The van der Waals surface area contributed by atoms with Gasteiger partial charge in [-0.05, 0) is 38.0 Å². The summed E-state index contributed by atoms with van der Waals surface area (Å²) in [5, 5.41) is 20.0. The molecule has 2 aliphatic heterocycles. The van der Waals surface area contributed by atoms with Crippen molar-refractivity contribution in [2.75, 3.05) is 32.0 Å². The molecule has 2 saturated heterocycles. The summed E-state index contributed by atoms with van der Waals surface area (Å²) < 4.78 is 13.3. The van der Waals surface area contributed by atoms with Gasteiger partial charge in [-0.1, -0.05) is 6.07 Å². The predicted molar refractivity (Wildman–Crippen MR) is 127 cm³/mol. The molecular weight excluding hydrogens is 468 g/mol. The third kappa shape index (κ3) is 4.44. The van der Waals surface area contributed by atoms with Crippen LogP contribution < -0.4 is 10.5 Å². The molecule has 4 N–H and O–H groups in total. The first-order valence-corrected chi connectivity index (χ1v) is 11.7. The van der Waals surface area contributed by atoms with Gasteiger partial charge >= 0.3 is 5.97 Å². The van der Waals surface area contributed by atoms with Crippen molar-refractivity contribution in [3.63, 3.8) is 0 Å². The van der Waals surface area contributed by atoms with Crippen LogP contribution >= 0.6 is 0 Å². The Morgan fingerprint density at radius 2 is 2.03 bits per heavy atom. The Hall–Kier alpha value is -3.77. The van der Waals surface area contributed by atoms with Gasteiger partial charge in [0, 0.05) is 25.1 Å². The highest BCUT2D eigenvalue weighted by molar-refractivity contribution is 5.94. The summed E-state index contributed by atoms with van der Waals surface area (Å²) >= 11 is 0. The minimum atomic E-state index is -1.15. The second-order valence-corrected chi connectivity index (χ2v) is 9.63. The van der Waals surface area contributed by atoms with Crippen LogP contribution in [0.2, 0.25) is 0 Å². The molecular formula is C24H28N6O6. The van der Waals surface area contributed by atoms with E-state index in [1.807, 2.05) is 4.57 Å². The van der Waals surface area contributed by atoms with Crippen molar-refractivity contribution in [2.45, 2.75) is 43.4 Å². The van der Waals surface area contributed by atoms with Crippen molar-refractivity contribution < 1.29 is 29.3 Å². The van der Waals surface area contributed by atoms with Crippen molar-refractivity contribution >= 4 is 28.9 Å². The van der Waals surface area contributed by atoms with Crippen molar-refractivity contribution in [3.05, 3.63) is 42.5 Å². The number of imidazole rings is 1. The highest BCUT2D eigenvalue weighted by Crippen LogP contribution is 2.44. The lowest BCUT2D eigenvalue weighted by Gasteiger charge is -2.51. The predicted octanol–water partition coefficient (Wildman–Crippen LogP) is 1.26. The maximum Gasteiger partial charge on any atom is 0.341 e. The SMILES string of the molecule is C[C@]1(O)COC2(CCN(C(=O)c3cccc(OCC(=O)O)c3)CC2)C[C@@H]1n1cnc2c(N)ncnc21. The van der Waals surface area contributed by atoms with Crippen LogP contribution in [0, 0.1) is 0 Å². The fourth-order valence-corrected chi connectivity index (χ4v) is 5.04. The van der Waals surface area contributed by atoms with Crippen LogP contribution in [0.15, 0.2) is 36.9 Å². The summed E-state index contributed by atoms with van der Waals surface area (Å²) in [6.45, 7) is 2.35. The number of aliphatic hydroxyl groups is 1. The molecule has 3 aromatic rings. The number of aliphatic carboxylic acids is 1. The number of carbonyl (C=O) groups excluding carboxylic acids is 1. The smallest absolute Gasteiger partial charge is 0.341 e. The number of amides is 1. The molecule has 190 valence electrons. The number of carboxylic acid groups (broad SMARTS) is 1. The average Bonchev–Trinajstić information content (AvgIpc) is 3.30. The highest BCUT2D eigenvalue weighted by Gasteiger charge is 2.50. The van der Waals surface area contributed by atoms with Gasteiger partial charge in [0.05, 0.1) is 24.6 Å². The van der Waals surface area contributed by atoms with Gasteiger partial charge in [0.1, 0.15) is 23.2 Å². The molecule has 5 rings (SSSR count). The van der Waals surface area contributed by atoms with Crippen LogP contribution in [-0.2, 0) is 9.53 Å². The number of nitrogen functional groups attached to an aromatic ring is 1. The van der Waals surface area contributed by atoms with E-state index in [2.05, 4.69) is 15.0 Å². The van der Waals surface area contributed by atoms with E-state index in [4.69, 9.17) is 20.3 Å². The number of aromatic nitrogens is 4. The van der Waals surface area contributed by atoms with E-state index in [-0.39, 0.29) is 24.4 Å². The van der Waals surface area contributed by atoms with E-state index in [1.54, 1.807) is 42.4 Å². The van der Waals surface area contributed by atoms with Gasteiger partial charge in [0.2, 0.25) is 0 Å². The number of nitrogens with zero attached hydrogens (tertiary/aromatic N) is 5. The molecule has 36 heavy (non-hydrogen) atoms. The van der Waals surface area contributed by atoms with Crippen LogP contribution in [0.25, 0.3) is 11.2 Å². The van der Waals surface area contributed by atoms with Crippen LogP contribution in [0.3, 0.4) is 0 Å². The molecule has 2 fully saturated rings. The summed E-state index contributed by atoms with van der Waals surface area (Å²) in [6, 6.07) is 6.17. The van der Waals surface area contributed by atoms with E-state index >= 15 is 0 Å². The zero-order valence-electron chi connectivity index (χ0n) is 19.8. The largest absolute Gasteiger partial charge is 0.482 e. The van der Waals surface area contributed by atoms with Crippen molar-refractivity contribution in [1.82, 2.24) is 24.4 Å². The molecule has 2 atom stereocenters. The van der Waals surface area contributed by atoms with E-state index in [0.717, 1.165) is 0 Å². The monoisotopic (exact) mass is 496 g/mol. The third-order valence-corrected chi connectivity index (χ3v) is 7.08. The number of anilines is 1. The van der Waals surface area contributed by atoms with Gasteiger partial charge in [-0.15, -0.1) is 0 Å². The molecule has 0 radical (unpaired) electrons. The quantitative estimate of drug-likeness (QED) is 0.468. The Bertz CT molecular complexity index is 1300. The number of fused-ring (bicyclic) bond motifs is 1. The van der Waals surface area contributed by atoms with E-state index < -0.39 is 23.8 Å². The Kier molecular flexibility index (Phi) is 6.00. The number of carboxylic acids is 1. The first kappa shape index (κ1) is 23.9. The number of likely N-dealkylation sites (tertiary alicyclic amines) is 1. The lowest BCUT2D eigenvalue weighted by atomic mass is 9.77. The van der Waals surface area contributed by atoms with Gasteiger partial charge in [0.15, 0.2) is 18.1 Å². The maximum atomic E-state index is 13.1. The lowest BCUT2D eigenvalue weighted by molar-refractivity contribution is -0.198. The van der Waals surface area contributed by atoms with Crippen molar-refractivity contribution in [2.24, 2.45) is 0 Å². The highest BCUT2D eigenvalue weighted by atomic mass is 16.5. The second-order valence-electron chi connectivity index (χ2n) is 9.63. The molecule has 0 unspecified atom stereocenters. The summed E-state index contributed by atoms with van der Waals surface area (Å²) in [6.07, 6.45) is 4.74. The summed E-state index contributed by atoms with van der Waals surface area (Å²) in [5.74, 6) is -0.631. The van der Waals surface area contributed by atoms with Gasteiger partial charge in [-0.2, -0.15) is 0 Å². The molecule has 12 heteroatoms.